The third-order valence-corrected chi connectivity index (χ3v) is 3.88. The molecule has 2 aromatic rings. The summed E-state index contributed by atoms with van der Waals surface area (Å²) in [7, 11) is 0. The zero-order chi connectivity index (χ0) is 15.5. The van der Waals surface area contributed by atoms with Crippen LogP contribution in [0, 0.1) is 5.92 Å². The number of amides is 2. The Morgan fingerprint density at radius 2 is 2.05 bits per heavy atom. The average molecular weight is 289 g/mol. The van der Waals surface area contributed by atoms with Gasteiger partial charge < -0.3 is 20.7 Å². The van der Waals surface area contributed by atoms with Gasteiger partial charge in [-0.05, 0) is 30.4 Å². The number of aromatic nitrogens is 1. The highest BCUT2D eigenvalue weighted by molar-refractivity contribution is 5.80. The number of urea groups is 1. The predicted molar refractivity (Wildman–Crippen MR) is 84.0 cm³/mol. The van der Waals surface area contributed by atoms with Crippen molar-refractivity contribution in [1.82, 2.24) is 15.6 Å². The monoisotopic (exact) mass is 289 g/mol. The summed E-state index contributed by atoms with van der Waals surface area (Å²) in [4.78, 5) is 15.0. The second kappa shape index (κ2) is 6.18. The van der Waals surface area contributed by atoms with Crippen LogP contribution in [0.1, 0.15) is 26.5 Å². The molecule has 114 valence electrons. The zero-order valence-electron chi connectivity index (χ0n) is 12.7. The fourth-order valence-corrected chi connectivity index (χ4v) is 1.93. The minimum atomic E-state index is -0.904. The second-order valence-corrected chi connectivity index (χ2v) is 5.93. The topological polar surface area (TPSA) is 77.2 Å². The van der Waals surface area contributed by atoms with Crippen molar-refractivity contribution >= 4 is 16.9 Å². The number of hydrogen-bond donors (Lipinski definition) is 4. The van der Waals surface area contributed by atoms with E-state index in [0.717, 1.165) is 16.6 Å². The van der Waals surface area contributed by atoms with Crippen molar-refractivity contribution in [3.63, 3.8) is 0 Å². The van der Waals surface area contributed by atoms with Crippen molar-refractivity contribution in [2.45, 2.75) is 32.9 Å². The van der Waals surface area contributed by atoms with Crippen LogP contribution in [0.25, 0.3) is 10.9 Å². The van der Waals surface area contributed by atoms with Gasteiger partial charge in [-0.1, -0.05) is 32.0 Å². The normalized spacial score (nSPS) is 14.1. The summed E-state index contributed by atoms with van der Waals surface area (Å²) in [6.07, 6.45) is 0. The molecule has 0 bridgehead atoms. The van der Waals surface area contributed by atoms with Gasteiger partial charge in [0.15, 0.2) is 0 Å². The third-order valence-electron chi connectivity index (χ3n) is 3.88. The molecule has 4 N–H and O–H groups in total. The van der Waals surface area contributed by atoms with Crippen molar-refractivity contribution < 1.29 is 9.90 Å². The highest BCUT2D eigenvalue weighted by atomic mass is 16.3. The first-order valence-corrected chi connectivity index (χ1v) is 7.19. The summed E-state index contributed by atoms with van der Waals surface area (Å²) in [5.74, 6) is 0.0755. The Morgan fingerprint density at radius 1 is 1.33 bits per heavy atom. The molecule has 0 saturated carbocycles. The molecule has 21 heavy (non-hydrogen) atoms. The molecular formula is C16H23N3O2. The van der Waals surface area contributed by atoms with Gasteiger partial charge in [0.05, 0.1) is 12.1 Å². The number of benzene rings is 1. The Morgan fingerprint density at radius 3 is 2.71 bits per heavy atom. The van der Waals surface area contributed by atoms with Crippen LogP contribution in [0.3, 0.4) is 0 Å². The lowest BCUT2D eigenvalue weighted by atomic mass is 9.93. The van der Waals surface area contributed by atoms with Gasteiger partial charge >= 0.3 is 6.03 Å². The first-order valence-electron chi connectivity index (χ1n) is 7.19. The number of aliphatic hydroxyl groups is 1. The molecule has 2 rings (SSSR count). The maximum absolute atomic E-state index is 11.8. The SMILES string of the molecule is CC(C)C(C)(O)CNC(=O)NCc1cc2ccccc2[nH]1. The summed E-state index contributed by atoms with van der Waals surface area (Å²) in [6.45, 7) is 6.21. The lowest BCUT2D eigenvalue weighted by Crippen LogP contribution is -2.47. The van der Waals surface area contributed by atoms with Crippen LogP contribution in [0.2, 0.25) is 0 Å². The minimum Gasteiger partial charge on any atom is -0.388 e. The number of hydrogen-bond acceptors (Lipinski definition) is 2. The molecular weight excluding hydrogens is 266 g/mol. The smallest absolute Gasteiger partial charge is 0.315 e. The van der Waals surface area contributed by atoms with E-state index in [9.17, 15) is 9.90 Å². The molecule has 1 aromatic heterocycles. The molecule has 1 atom stereocenters. The summed E-state index contributed by atoms with van der Waals surface area (Å²) >= 11 is 0. The van der Waals surface area contributed by atoms with Gasteiger partial charge in [0, 0.05) is 17.8 Å². The van der Waals surface area contributed by atoms with E-state index in [1.54, 1.807) is 6.92 Å². The molecule has 2 amide bonds. The van der Waals surface area contributed by atoms with Crippen LogP contribution in [0.15, 0.2) is 30.3 Å². The van der Waals surface area contributed by atoms with Crippen molar-refractivity contribution in [1.29, 1.82) is 0 Å². The van der Waals surface area contributed by atoms with Gasteiger partial charge in [0.1, 0.15) is 0 Å². The van der Waals surface area contributed by atoms with E-state index in [1.807, 2.05) is 44.2 Å². The van der Waals surface area contributed by atoms with Crippen molar-refractivity contribution in [2.75, 3.05) is 6.54 Å². The fourth-order valence-electron chi connectivity index (χ4n) is 1.93. The predicted octanol–water partition coefficient (Wildman–Crippen LogP) is 2.37. The first kappa shape index (κ1) is 15.4. The quantitative estimate of drug-likeness (QED) is 0.682. The Bertz CT molecular complexity index is 584. The number of fused-ring (bicyclic) bond motifs is 1. The van der Waals surface area contributed by atoms with Crippen LogP contribution < -0.4 is 10.6 Å². The standard InChI is InChI=1S/C16H23N3O2/c1-11(2)16(3,21)10-18-15(20)17-9-13-8-12-6-4-5-7-14(12)19-13/h4-8,11,19,21H,9-10H2,1-3H3,(H2,17,18,20). The Labute approximate surface area is 124 Å². The molecule has 0 saturated heterocycles. The number of H-pyrrole nitrogens is 1. The zero-order valence-corrected chi connectivity index (χ0v) is 12.7. The molecule has 1 unspecified atom stereocenters. The van der Waals surface area contributed by atoms with Gasteiger partial charge in [-0.2, -0.15) is 0 Å². The van der Waals surface area contributed by atoms with Crippen LogP contribution >= 0.6 is 0 Å². The number of rotatable bonds is 5. The largest absolute Gasteiger partial charge is 0.388 e. The van der Waals surface area contributed by atoms with E-state index >= 15 is 0 Å². The van der Waals surface area contributed by atoms with Crippen LogP contribution in [0.4, 0.5) is 4.79 Å². The summed E-state index contributed by atoms with van der Waals surface area (Å²) in [6, 6.07) is 9.70. The molecule has 0 aliphatic heterocycles. The number of nitrogens with one attached hydrogen (secondary N) is 3. The van der Waals surface area contributed by atoms with Crippen LogP contribution in [-0.2, 0) is 6.54 Å². The molecule has 0 spiro atoms. The summed E-state index contributed by atoms with van der Waals surface area (Å²) < 4.78 is 0. The van der Waals surface area contributed by atoms with Gasteiger partial charge in [-0.25, -0.2) is 4.79 Å². The van der Waals surface area contributed by atoms with E-state index < -0.39 is 5.60 Å². The fraction of sp³-hybridized carbons (Fsp3) is 0.438. The molecule has 1 aromatic carbocycles. The third kappa shape index (κ3) is 3.98. The lowest BCUT2D eigenvalue weighted by molar-refractivity contribution is 0.0166. The molecule has 5 nitrogen and oxygen atoms in total. The Kier molecular flexibility index (Phi) is 4.53. The van der Waals surface area contributed by atoms with Gasteiger partial charge in [-0.15, -0.1) is 0 Å². The Balaban J connectivity index is 1.84. The maximum atomic E-state index is 11.8. The van der Waals surface area contributed by atoms with E-state index in [-0.39, 0.29) is 18.5 Å². The molecule has 1 heterocycles. The minimum absolute atomic E-state index is 0.0755. The van der Waals surface area contributed by atoms with E-state index in [1.165, 1.54) is 0 Å². The van der Waals surface area contributed by atoms with Crippen LogP contribution in [0.5, 0.6) is 0 Å². The summed E-state index contributed by atoms with van der Waals surface area (Å²) in [5.41, 5.74) is 1.10. The van der Waals surface area contributed by atoms with Gasteiger partial charge in [-0.3, -0.25) is 0 Å². The first-order chi connectivity index (χ1) is 9.88. The number of carbonyl (C=O) groups is 1. The highest BCUT2D eigenvalue weighted by Gasteiger charge is 2.25. The van der Waals surface area contributed by atoms with E-state index in [0.29, 0.717) is 6.54 Å². The maximum Gasteiger partial charge on any atom is 0.315 e. The van der Waals surface area contributed by atoms with Crippen molar-refractivity contribution in [2.24, 2.45) is 5.92 Å². The molecule has 5 heteroatoms. The van der Waals surface area contributed by atoms with E-state index in [2.05, 4.69) is 15.6 Å². The Hall–Kier alpha value is -2.01. The second-order valence-electron chi connectivity index (χ2n) is 5.93. The number of carbonyl (C=O) groups excluding carboxylic acids is 1. The number of para-hydroxylation sites is 1. The summed E-state index contributed by atoms with van der Waals surface area (Å²) in [5, 5.41) is 16.7. The molecule has 0 aliphatic carbocycles. The van der Waals surface area contributed by atoms with Gasteiger partial charge in [0.2, 0.25) is 0 Å². The highest BCUT2D eigenvalue weighted by Crippen LogP contribution is 2.15. The van der Waals surface area contributed by atoms with Gasteiger partial charge in [0.25, 0.3) is 0 Å². The number of aromatic amines is 1. The molecule has 0 radical (unpaired) electrons. The average Bonchev–Trinajstić information content (AvgIpc) is 2.85. The van der Waals surface area contributed by atoms with E-state index in [4.69, 9.17) is 0 Å². The van der Waals surface area contributed by atoms with Crippen LogP contribution in [-0.4, -0.2) is 28.3 Å². The molecule has 0 fully saturated rings. The molecule has 0 aliphatic rings. The van der Waals surface area contributed by atoms with Crippen molar-refractivity contribution in [3.05, 3.63) is 36.0 Å². The lowest BCUT2D eigenvalue weighted by Gasteiger charge is -2.27. The van der Waals surface area contributed by atoms with Crippen molar-refractivity contribution in [3.8, 4) is 0 Å².